The minimum Gasteiger partial charge on any atom is -0.238 e. The molecule has 0 aliphatic heterocycles. The van der Waals surface area contributed by atoms with Crippen molar-refractivity contribution < 1.29 is 0 Å². The van der Waals surface area contributed by atoms with E-state index in [0.29, 0.717) is 15.5 Å². The molecule has 0 N–H and O–H groups in total. The van der Waals surface area contributed by atoms with E-state index in [-0.39, 0.29) is 0 Å². The van der Waals surface area contributed by atoms with Gasteiger partial charge >= 0.3 is 0 Å². The molecule has 10 rings (SSSR count). The summed E-state index contributed by atoms with van der Waals surface area (Å²) in [7, 11) is -1.67. The summed E-state index contributed by atoms with van der Waals surface area (Å²) in [5, 5.41) is 1.73. The van der Waals surface area contributed by atoms with Crippen LogP contribution in [0.5, 0.6) is 0 Å². The molecular weight excluding hydrogens is 461 g/mol. The monoisotopic (exact) mass is 513 g/mol. The van der Waals surface area contributed by atoms with Gasteiger partial charge in [0.1, 0.15) is 0 Å². The summed E-state index contributed by atoms with van der Waals surface area (Å²) in [5.74, 6) is 9.16. The first-order valence-corrected chi connectivity index (χ1v) is 18.3. The van der Waals surface area contributed by atoms with Gasteiger partial charge in [-0.3, -0.25) is 0 Å². The smallest absolute Gasteiger partial charge is 0.00820 e. The van der Waals surface area contributed by atoms with Gasteiger partial charge in [-0.25, -0.2) is 4.15 Å². The zero-order chi connectivity index (χ0) is 23.6. The largest absolute Gasteiger partial charge is 0.238 e. The van der Waals surface area contributed by atoms with Crippen LogP contribution in [0.1, 0.15) is 129 Å². The van der Waals surface area contributed by atoms with Crippen molar-refractivity contribution in [2.75, 3.05) is 0 Å². The molecule has 0 aromatic heterocycles. The molecule has 10 aliphatic rings. The van der Waals surface area contributed by atoms with Crippen LogP contribution in [0.15, 0.2) is 4.15 Å². The Kier molecular flexibility index (Phi) is 5.25. The molecule has 35 heavy (non-hydrogen) atoms. The summed E-state index contributed by atoms with van der Waals surface area (Å²) in [5.41, 5.74) is 0. The topological polar surface area (TPSA) is 12.4 Å². The molecule has 0 heterocycles. The van der Waals surface area contributed by atoms with E-state index in [1.165, 1.54) is 25.7 Å². The normalized spacial score (nSPS) is 59.5. The van der Waals surface area contributed by atoms with Gasteiger partial charge in [0.15, 0.2) is 0 Å². The van der Waals surface area contributed by atoms with E-state index >= 15 is 0 Å². The highest BCUT2D eigenvalue weighted by Gasteiger charge is 2.73. The zero-order valence-corrected chi connectivity index (χ0v) is 24.6. The molecule has 10 aliphatic carbocycles. The fraction of sp³-hybridized carbons (Fsp3) is 1.00. The van der Waals surface area contributed by atoms with Crippen molar-refractivity contribution in [3.63, 3.8) is 0 Å². The van der Waals surface area contributed by atoms with Crippen LogP contribution in [0.3, 0.4) is 0 Å². The molecule has 10 bridgehead atoms. The van der Waals surface area contributed by atoms with Crippen molar-refractivity contribution in [3.8, 4) is 0 Å². The molecule has 0 spiro atoms. The minimum atomic E-state index is -1.67. The molecule has 0 radical (unpaired) electrons. The van der Waals surface area contributed by atoms with Gasteiger partial charge in [0, 0.05) is 22.5 Å². The maximum absolute atomic E-state index is 5.94. The fourth-order valence-corrected chi connectivity index (χ4v) is 24.9. The van der Waals surface area contributed by atoms with Crippen LogP contribution in [0.4, 0.5) is 0 Å². The molecule has 0 aromatic rings. The molecule has 0 amide bonds. The van der Waals surface area contributed by atoms with Gasteiger partial charge < -0.3 is 0 Å². The van der Waals surface area contributed by atoms with Crippen molar-refractivity contribution >= 4 is 19.9 Å². The highest BCUT2D eigenvalue weighted by Crippen LogP contribution is 2.91. The SMILES string of the molecule is CCC1CC2CC(C)CC(P(=NS)(C34CC5CC(CC(C5)C3)C4)C34CC5CC(CC(C5)C3)C4)(C1)C2. The Balaban J connectivity index is 1.37. The van der Waals surface area contributed by atoms with E-state index in [9.17, 15) is 0 Å². The maximum Gasteiger partial charge on any atom is 0.00820 e. The van der Waals surface area contributed by atoms with Crippen molar-refractivity contribution in [1.82, 2.24) is 0 Å². The van der Waals surface area contributed by atoms with Crippen LogP contribution >= 0.6 is 19.9 Å². The first kappa shape index (κ1) is 23.5. The maximum atomic E-state index is 5.94. The van der Waals surface area contributed by atoms with Gasteiger partial charge in [0.05, 0.1) is 0 Å². The van der Waals surface area contributed by atoms with E-state index in [0.717, 1.165) is 53.3 Å². The van der Waals surface area contributed by atoms with E-state index < -0.39 is 7.05 Å². The third kappa shape index (κ3) is 3.06. The predicted octanol–water partition coefficient (Wildman–Crippen LogP) is 9.96. The van der Waals surface area contributed by atoms with Crippen molar-refractivity contribution in [3.05, 3.63) is 0 Å². The first-order valence-electron chi connectivity index (χ1n) is 16.2. The van der Waals surface area contributed by atoms with Gasteiger partial charge in [-0.2, -0.15) is 0 Å². The summed E-state index contributed by atoms with van der Waals surface area (Å²) >= 11 is 5.37. The zero-order valence-electron chi connectivity index (χ0n) is 22.8. The second-order valence-electron chi connectivity index (χ2n) is 16.6. The number of thiol groups is 1. The first-order chi connectivity index (χ1) is 16.9. The second-order valence-corrected chi connectivity index (χ2v) is 21.4. The average Bonchev–Trinajstić information content (AvgIpc) is 2.76. The van der Waals surface area contributed by atoms with Crippen LogP contribution in [0.25, 0.3) is 0 Å². The Morgan fingerprint density at radius 3 is 1.31 bits per heavy atom. The summed E-state index contributed by atoms with van der Waals surface area (Å²) in [6.45, 7) is 5.18. The van der Waals surface area contributed by atoms with Gasteiger partial charge in [-0.15, -0.1) is 0 Å². The molecule has 10 saturated carbocycles. The van der Waals surface area contributed by atoms with Crippen molar-refractivity contribution in [1.29, 1.82) is 0 Å². The van der Waals surface area contributed by atoms with Crippen LogP contribution < -0.4 is 0 Å². The summed E-state index contributed by atoms with van der Waals surface area (Å²) < 4.78 is 5.94. The summed E-state index contributed by atoms with van der Waals surface area (Å²) in [4.78, 5) is 0. The molecule has 4 unspecified atom stereocenters. The van der Waals surface area contributed by atoms with Crippen LogP contribution in [-0.4, -0.2) is 15.5 Å². The Morgan fingerprint density at radius 1 is 0.571 bits per heavy atom. The van der Waals surface area contributed by atoms with E-state index in [1.807, 2.05) is 0 Å². The predicted molar refractivity (Wildman–Crippen MR) is 152 cm³/mol. The number of fused-ring (bicyclic) bond motifs is 2. The number of hydrogen-bond acceptors (Lipinski definition) is 1. The van der Waals surface area contributed by atoms with Crippen LogP contribution in [0, 0.1) is 53.3 Å². The standard InChI is InChI=1S/C32H52NPS/c1-3-22-5-23-4-21(2)12-30(13-22,14-23)34(33-35,31-15-24-6-25(16-31)8-26(7-24)17-31)32-18-27-9-28(19-32)11-29(10-27)20-32/h21-29,35H,3-20H2,1-2H3. The highest BCUT2D eigenvalue weighted by atomic mass is 32.1. The second kappa shape index (κ2) is 7.83. The third-order valence-electron chi connectivity index (χ3n) is 14.3. The minimum absolute atomic E-state index is 0.549. The summed E-state index contributed by atoms with van der Waals surface area (Å²) in [6.07, 6.45) is 28.1. The highest BCUT2D eigenvalue weighted by molar-refractivity contribution is 7.87. The molecule has 0 saturated heterocycles. The van der Waals surface area contributed by atoms with Gasteiger partial charge in [0.2, 0.25) is 0 Å². The fourth-order valence-electron chi connectivity index (χ4n) is 14.9. The van der Waals surface area contributed by atoms with E-state index in [2.05, 4.69) is 13.8 Å². The molecule has 0 aromatic carbocycles. The summed E-state index contributed by atoms with van der Waals surface area (Å²) in [6, 6.07) is 0. The van der Waals surface area contributed by atoms with E-state index in [4.69, 9.17) is 17.0 Å². The Hall–Kier alpha value is 0.580. The van der Waals surface area contributed by atoms with Crippen LogP contribution in [-0.2, 0) is 0 Å². The molecule has 4 atom stereocenters. The van der Waals surface area contributed by atoms with Gasteiger partial charge in [-0.1, -0.05) is 20.3 Å². The molecular formula is C32H52NPS. The Labute approximate surface area is 221 Å². The molecule has 10 fully saturated rings. The van der Waals surface area contributed by atoms with E-state index in [1.54, 1.807) is 89.9 Å². The molecule has 196 valence electrons. The number of hydrogen-bond donors (Lipinski definition) is 1. The van der Waals surface area contributed by atoms with Crippen LogP contribution in [0.2, 0.25) is 0 Å². The lowest BCUT2D eigenvalue weighted by atomic mass is 9.55. The Morgan fingerprint density at radius 2 is 0.943 bits per heavy atom. The lowest BCUT2D eigenvalue weighted by molar-refractivity contribution is 0.0105. The molecule has 1 nitrogen and oxygen atoms in total. The lowest BCUT2D eigenvalue weighted by Gasteiger charge is -2.74. The quantitative estimate of drug-likeness (QED) is 0.284. The number of nitrogens with zero attached hydrogens (tertiary/aromatic N) is 1. The third-order valence-corrected chi connectivity index (χ3v) is 21.1. The van der Waals surface area contributed by atoms with Crippen molar-refractivity contribution in [2.45, 2.75) is 145 Å². The van der Waals surface area contributed by atoms with Gasteiger partial charge in [0.25, 0.3) is 0 Å². The Bertz CT molecular complexity index is 815. The van der Waals surface area contributed by atoms with Crippen molar-refractivity contribution in [2.24, 2.45) is 57.4 Å². The average molecular weight is 514 g/mol. The molecule has 3 heteroatoms. The number of rotatable bonds is 4. The van der Waals surface area contributed by atoms with Gasteiger partial charge in [-0.05, 0) is 175 Å². The lowest BCUT2D eigenvalue weighted by Crippen LogP contribution is -2.63.